The van der Waals surface area contributed by atoms with Crippen LogP contribution in [-0.2, 0) is 0 Å². The minimum absolute atomic E-state index is 0.102. The van der Waals surface area contributed by atoms with E-state index in [1.807, 2.05) is 24.3 Å². The number of carbonyl (C=O) groups is 1. The van der Waals surface area contributed by atoms with Gasteiger partial charge in [-0.25, -0.2) is 9.97 Å². The second-order valence-electron chi connectivity index (χ2n) is 5.40. The quantitative estimate of drug-likeness (QED) is 0.846. The molecular weight excluding hydrogens is 308 g/mol. The number of hydrogen-bond donors (Lipinski definition) is 0. The molecule has 0 spiro atoms. The van der Waals surface area contributed by atoms with Crippen molar-refractivity contribution in [2.45, 2.75) is 0 Å². The Hall–Kier alpha value is -2.83. The highest BCUT2D eigenvalue weighted by atomic mass is 16.5. The standard InChI is InChI=1S/C17H20N4O3/c1-23-15-6-4-3-5-14(15)20-7-9-21(10-8-20)17(22)13-11-16(24-2)19-12-18-13/h3-6,11-12H,7-10H2,1-2H3. The molecule has 1 aromatic carbocycles. The Morgan fingerprint density at radius 2 is 1.79 bits per heavy atom. The Labute approximate surface area is 140 Å². The van der Waals surface area contributed by atoms with Gasteiger partial charge in [0.25, 0.3) is 5.91 Å². The first-order chi connectivity index (χ1) is 11.7. The summed E-state index contributed by atoms with van der Waals surface area (Å²) in [4.78, 5) is 24.6. The van der Waals surface area contributed by atoms with Gasteiger partial charge in [0.2, 0.25) is 5.88 Å². The van der Waals surface area contributed by atoms with Crippen LogP contribution < -0.4 is 14.4 Å². The lowest BCUT2D eigenvalue weighted by Gasteiger charge is -2.36. The lowest BCUT2D eigenvalue weighted by Crippen LogP contribution is -2.49. The molecule has 1 amide bonds. The Morgan fingerprint density at radius 3 is 2.50 bits per heavy atom. The normalized spacial score (nSPS) is 14.4. The predicted octanol–water partition coefficient (Wildman–Crippen LogP) is 1.46. The molecule has 0 atom stereocenters. The van der Waals surface area contributed by atoms with Gasteiger partial charge in [0.15, 0.2) is 0 Å². The van der Waals surface area contributed by atoms with Gasteiger partial charge in [-0.3, -0.25) is 4.79 Å². The van der Waals surface area contributed by atoms with Crippen molar-refractivity contribution in [3.63, 3.8) is 0 Å². The fourth-order valence-electron chi connectivity index (χ4n) is 2.77. The molecule has 1 saturated heterocycles. The highest BCUT2D eigenvalue weighted by molar-refractivity contribution is 5.92. The van der Waals surface area contributed by atoms with Crippen molar-refractivity contribution in [1.29, 1.82) is 0 Å². The third-order valence-corrected chi connectivity index (χ3v) is 4.06. The van der Waals surface area contributed by atoms with Gasteiger partial charge in [-0.15, -0.1) is 0 Å². The van der Waals surface area contributed by atoms with E-state index < -0.39 is 0 Å². The minimum atomic E-state index is -0.102. The number of methoxy groups -OCH3 is 2. The molecule has 7 nitrogen and oxygen atoms in total. The number of rotatable bonds is 4. The first kappa shape index (κ1) is 16.0. The summed E-state index contributed by atoms with van der Waals surface area (Å²) in [5.74, 6) is 1.13. The van der Waals surface area contributed by atoms with Gasteiger partial charge in [-0.2, -0.15) is 0 Å². The van der Waals surface area contributed by atoms with Crippen LogP contribution in [0.1, 0.15) is 10.5 Å². The van der Waals surface area contributed by atoms with Crippen LogP contribution in [0.15, 0.2) is 36.7 Å². The van der Waals surface area contributed by atoms with Crippen LogP contribution in [0, 0.1) is 0 Å². The Bertz CT molecular complexity index is 714. The monoisotopic (exact) mass is 328 g/mol. The molecule has 0 aliphatic carbocycles. The summed E-state index contributed by atoms with van der Waals surface area (Å²) in [6.45, 7) is 2.75. The Balaban J connectivity index is 1.67. The number of carbonyl (C=O) groups excluding carboxylic acids is 1. The number of amides is 1. The Kier molecular flexibility index (Phi) is 4.79. The maximum Gasteiger partial charge on any atom is 0.272 e. The van der Waals surface area contributed by atoms with Crippen molar-refractivity contribution in [2.24, 2.45) is 0 Å². The van der Waals surface area contributed by atoms with Gasteiger partial charge in [-0.1, -0.05) is 12.1 Å². The van der Waals surface area contributed by atoms with E-state index in [0.29, 0.717) is 24.7 Å². The predicted molar refractivity (Wildman–Crippen MR) is 89.7 cm³/mol. The maximum atomic E-state index is 12.6. The number of nitrogens with zero attached hydrogens (tertiary/aromatic N) is 4. The molecule has 2 heterocycles. The average molecular weight is 328 g/mol. The van der Waals surface area contributed by atoms with Gasteiger partial charge in [0.05, 0.1) is 19.9 Å². The number of piperazine rings is 1. The number of benzene rings is 1. The molecule has 126 valence electrons. The van der Waals surface area contributed by atoms with Crippen molar-refractivity contribution in [3.8, 4) is 11.6 Å². The molecule has 0 bridgehead atoms. The number of hydrogen-bond acceptors (Lipinski definition) is 6. The largest absolute Gasteiger partial charge is 0.495 e. The summed E-state index contributed by atoms with van der Waals surface area (Å²) in [5, 5.41) is 0. The van der Waals surface area contributed by atoms with Gasteiger partial charge in [0, 0.05) is 32.2 Å². The maximum absolute atomic E-state index is 12.6. The zero-order valence-corrected chi connectivity index (χ0v) is 13.8. The molecule has 0 unspecified atom stereocenters. The molecule has 0 radical (unpaired) electrons. The third-order valence-electron chi connectivity index (χ3n) is 4.06. The molecule has 0 saturated carbocycles. The lowest BCUT2D eigenvalue weighted by molar-refractivity contribution is 0.0740. The molecule has 0 N–H and O–H groups in total. The third kappa shape index (κ3) is 3.24. The molecule has 3 rings (SSSR count). The summed E-state index contributed by atoms with van der Waals surface area (Å²) in [5.41, 5.74) is 1.41. The van der Waals surface area contributed by atoms with E-state index in [0.717, 1.165) is 24.5 Å². The van der Waals surface area contributed by atoms with Gasteiger partial charge in [-0.05, 0) is 12.1 Å². The van der Waals surface area contributed by atoms with E-state index in [1.54, 1.807) is 18.1 Å². The topological polar surface area (TPSA) is 67.8 Å². The van der Waals surface area contributed by atoms with Gasteiger partial charge in [0.1, 0.15) is 17.8 Å². The molecule has 1 aliphatic rings. The number of aromatic nitrogens is 2. The molecule has 1 aliphatic heterocycles. The molecule has 1 aromatic heterocycles. The van der Waals surface area contributed by atoms with Crippen LogP contribution in [-0.4, -0.2) is 61.2 Å². The van der Waals surface area contributed by atoms with Crippen molar-refractivity contribution < 1.29 is 14.3 Å². The van der Waals surface area contributed by atoms with E-state index >= 15 is 0 Å². The summed E-state index contributed by atoms with van der Waals surface area (Å²) in [6, 6.07) is 9.48. The van der Waals surface area contributed by atoms with Crippen LogP contribution in [0.25, 0.3) is 0 Å². The first-order valence-electron chi connectivity index (χ1n) is 7.76. The fourth-order valence-corrected chi connectivity index (χ4v) is 2.77. The Morgan fingerprint density at radius 1 is 1.04 bits per heavy atom. The van der Waals surface area contributed by atoms with Crippen molar-refractivity contribution in [3.05, 3.63) is 42.4 Å². The van der Waals surface area contributed by atoms with Crippen molar-refractivity contribution in [1.82, 2.24) is 14.9 Å². The van der Waals surface area contributed by atoms with Gasteiger partial charge < -0.3 is 19.3 Å². The van der Waals surface area contributed by atoms with Gasteiger partial charge >= 0.3 is 0 Å². The van der Waals surface area contributed by atoms with E-state index in [9.17, 15) is 4.79 Å². The molecule has 7 heteroatoms. The highest BCUT2D eigenvalue weighted by Gasteiger charge is 2.24. The van der Waals surface area contributed by atoms with E-state index in [2.05, 4.69) is 14.9 Å². The minimum Gasteiger partial charge on any atom is -0.495 e. The second kappa shape index (κ2) is 7.16. The smallest absolute Gasteiger partial charge is 0.272 e. The summed E-state index contributed by atoms with van der Waals surface area (Å²) < 4.78 is 10.5. The highest BCUT2D eigenvalue weighted by Crippen LogP contribution is 2.28. The number of ether oxygens (including phenoxy) is 2. The van der Waals surface area contributed by atoms with E-state index in [1.165, 1.54) is 13.4 Å². The molecule has 2 aromatic rings. The van der Waals surface area contributed by atoms with Crippen LogP contribution >= 0.6 is 0 Å². The summed E-state index contributed by atoms with van der Waals surface area (Å²) >= 11 is 0. The molecule has 1 fully saturated rings. The average Bonchev–Trinajstić information content (AvgIpc) is 2.67. The lowest BCUT2D eigenvalue weighted by atomic mass is 10.2. The number of para-hydroxylation sites is 2. The van der Waals surface area contributed by atoms with Crippen LogP contribution in [0.5, 0.6) is 11.6 Å². The SMILES string of the molecule is COc1cc(C(=O)N2CCN(c3ccccc3OC)CC2)ncn1. The van der Waals surface area contributed by atoms with E-state index in [4.69, 9.17) is 9.47 Å². The summed E-state index contributed by atoms with van der Waals surface area (Å²) in [6.07, 6.45) is 1.34. The van der Waals surface area contributed by atoms with Crippen LogP contribution in [0.3, 0.4) is 0 Å². The zero-order chi connectivity index (χ0) is 16.9. The number of anilines is 1. The second-order valence-corrected chi connectivity index (χ2v) is 5.40. The van der Waals surface area contributed by atoms with Crippen LogP contribution in [0.2, 0.25) is 0 Å². The molecular formula is C17H20N4O3. The van der Waals surface area contributed by atoms with Crippen LogP contribution in [0.4, 0.5) is 5.69 Å². The zero-order valence-electron chi connectivity index (χ0n) is 13.8. The van der Waals surface area contributed by atoms with Crippen molar-refractivity contribution in [2.75, 3.05) is 45.3 Å². The first-order valence-corrected chi connectivity index (χ1v) is 7.76. The van der Waals surface area contributed by atoms with Crippen molar-refractivity contribution >= 4 is 11.6 Å². The summed E-state index contributed by atoms with van der Waals surface area (Å²) in [7, 11) is 3.18. The molecule has 24 heavy (non-hydrogen) atoms. The van der Waals surface area contributed by atoms with E-state index in [-0.39, 0.29) is 5.91 Å². The fraction of sp³-hybridized carbons (Fsp3) is 0.353.